The van der Waals surface area contributed by atoms with Crippen molar-refractivity contribution in [3.63, 3.8) is 0 Å². The lowest BCUT2D eigenvalue weighted by atomic mass is 10.8. The summed E-state index contributed by atoms with van der Waals surface area (Å²) in [6.45, 7) is -0.686. The highest BCUT2D eigenvalue weighted by Crippen LogP contribution is 2.02. The molecule has 0 amide bonds. The quantitative estimate of drug-likeness (QED) is 0.357. The predicted octanol–water partition coefficient (Wildman–Crippen LogP) is 0.283. The van der Waals surface area contributed by atoms with Crippen molar-refractivity contribution in [3.05, 3.63) is 0 Å². The Labute approximate surface area is 56.1 Å². The molecule has 8 heavy (non-hydrogen) atoms. The van der Waals surface area contributed by atoms with Gasteiger partial charge in [-0.3, -0.25) is 0 Å². The molecule has 0 aliphatic rings. The van der Waals surface area contributed by atoms with Crippen molar-refractivity contribution in [1.29, 1.82) is 0 Å². The lowest BCUT2D eigenvalue weighted by Crippen LogP contribution is -2.12. The van der Waals surface area contributed by atoms with E-state index < -0.39 is 17.6 Å². The van der Waals surface area contributed by atoms with Gasteiger partial charge in [0.05, 0.1) is 0 Å². The minimum Gasteiger partial charge on any atom is -0.437 e. The van der Waals surface area contributed by atoms with Crippen LogP contribution in [0, 0.1) is 0 Å². The van der Waals surface area contributed by atoms with Gasteiger partial charge in [-0.1, -0.05) is 23.2 Å². The number of halogens is 2. The molecule has 0 saturated heterocycles. The third-order valence-corrected chi connectivity index (χ3v) is 0.741. The number of carbonyl (C=O) groups is 1. The van der Waals surface area contributed by atoms with E-state index >= 15 is 0 Å². The van der Waals surface area contributed by atoms with Gasteiger partial charge in [0.15, 0.2) is 6.79 Å². The zero-order chi connectivity index (χ0) is 6.57. The van der Waals surface area contributed by atoms with Crippen LogP contribution in [0.5, 0.6) is 0 Å². The van der Waals surface area contributed by atoms with Gasteiger partial charge in [-0.25, -0.2) is 4.79 Å². The number of aliphatic hydroxyl groups is 1. The molecular formula is C3H4Cl2O3. The fraction of sp³-hybridized carbons (Fsp3) is 0.667. The summed E-state index contributed by atoms with van der Waals surface area (Å²) >= 11 is 9.97. The first kappa shape index (κ1) is 8.01. The number of hydrogen-bond acceptors (Lipinski definition) is 3. The number of aliphatic hydroxyl groups excluding tert-OH is 1. The Morgan fingerprint density at radius 3 is 2.38 bits per heavy atom. The van der Waals surface area contributed by atoms with Gasteiger partial charge in [0.25, 0.3) is 0 Å². The molecule has 0 atom stereocenters. The van der Waals surface area contributed by atoms with Crippen molar-refractivity contribution >= 4 is 29.2 Å². The first-order valence-electron chi connectivity index (χ1n) is 1.74. The molecule has 3 nitrogen and oxygen atoms in total. The van der Waals surface area contributed by atoms with E-state index in [1.807, 2.05) is 0 Å². The topological polar surface area (TPSA) is 46.5 Å². The summed E-state index contributed by atoms with van der Waals surface area (Å²) in [7, 11) is 0. The Morgan fingerprint density at radius 1 is 1.75 bits per heavy atom. The summed E-state index contributed by atoms with van der Waals surface area (Å²) in [5.41, 5.74) is 0. The third-order valence-electron chi connectivity index (χ3n) is 0.385. The molecule has 48 valence electrons. The Kier molecular flexibility index (Phi) is 3.95. The smallest absolute Gasteiger partial charge is 0.341 e. The Morgan fingerprint density at radius 2 is 2.25 bits per heavy atom. The Balaban J connectivity index is 3.33. The number of alkyl halides is 2. The van der Waals surface area contributed by atoms with Crippen molar-refractivity contribution in [2.75, 3.05) is 6.79 Å². The lowest BCUT2D eigenvalue weighted by Gasteiger charge is -1.97. The highest BCUT2D eigenvalue weighted by Gasteiger charge is 2.10. The van der Waals surface area contributed by atoms with Crippen LogP contribution < -0.4 is 0 Å². The summed E-state index contributed by atoms with van der Waals surface area (Å²) in [5, 5.41) is 7.93. The van der Waals surface area contributed by atoms with E-state index in [9.17, 15) is 4.79 Å². The monoisotopic (exact) mass is 158 g/mol. The maximum atomic E-state index is 10.1. The first-order chi connectivity index (χ1) is 3.68. The number of ether oxygens (including phenoxy) is 1. The normalized spacial score (nSPS) is 9.50. The van der Waals surface area contributed by atoms with Gasteiger partial charge in [-0.05, 0) is 0 Å². The molecule has 0 saturated carbocycles. The van der Waals surface area contributed by atoms with Crippen molar-refractivity contribution in [3.8, 4) is 0 Å². The van der Waals surface area contributed by atoms with Crippen molar-refractivity contribution in [1.82, 2.24) is 0 Å². The van der Waals surface area contributed by atoms with Crippen LogP contribution in [-0.4, -0.2) is 22.7 Å². The molecule has 0 aromatic carbocycles. The molecule has 0 radical (unpaired) electrons. The van der Waals surface area contributed by atoms with Crippen LogP contribution in [0.4, 0.5) is 0 Å². The standard InChI is InChI=1S/C3H4Cl2O3/c4-2(5)3(7)8-1-6/h2,6H,1H2. The number of esters is 1. The van der Waals surface area contributed by atoms with Gasteiger partial charge in [-0.2, -0.15) is 0 Å². The minimum atomic E-state index is -1.21. The van der Waals surface area contributed by atoms with E-state index in [-0.39, 0.29) is 0 Å². The molecule has 0 spiro atoms. The Bertz CT molecular complexity index is 82.6. The van der Waals surface area contributed by atoms with Crippen LogP contribution in [0.2, 0.25) is 0 Å². The summed E-state index contributed by atoms with van der Waals surface area (Å²) < 4.78 is 3.96. The first-order valence-corrected chi connectivity index (χ1v) is 2.61. The van der Waals surface area contributed by atoms with Crippen molar-refractivity contribution in [2.24, 2.45) is 0 Å². The van der Waals surface area contributed by atoms with Gasteiger partial charge in [-0.15, -0.1) is 0 Å². The van der Waals surface area contributed by atoms with Crippen LogP contribution in [0.15, 0.2) is 0 Å². The van der Waals surface area contributed by atoms with Crippen LogP contribution in [-0.2, 0) is 9.53 Å². The lowest BCUT2D eigenvalue weighted by molar-refractivity contribution is -0.149. The van der Waals surface area contributed by atoms with Gasteiger partial charge in [0.2, 0.25) is 4.84 Å². The van der Waals surface area contributed by atoms with Crippen LogP contribution in [0.1, 0.15) is 0 Å². The van der Waals surface area contributed by atoms with E-state index in [0.29, 0.717) is 0 Å². The molecule has 0 unspecified atom stereocenters. The summed E-state index contributed by atoms with van der Waals surface area (Å²) in [6, 6.07) is 0. The SMILES string of the molecule is O=C(OCO)C(Cl)Cl. The van der Waals surface area contributed by atoms with Gasteiger partial charge >= 0.3 is 5.97 Å². The number of hydrogen-bond donors (Lipinski definition) is 1. The summed E-state index contributed by atoms with van der Waals surface area (Å²) in [6.07, 6.45) is 0. The van der Waals surface area contributed by atoms with Gasteiger partial charge < -0.3 is 9.84 Å². The second-order valence-corrected chi connectivity index (χ2v) is 1.99. The second-order valence-electron chi connectivity index (χ2n) is 0.893. The minimum absolute atomic E-state index is 0.686. The van der Waals surface area contributed by atoms with Crippen molar-refractivity contribution in [2.45, 2.75) is 4.84 Å². The van der Waals surface area contributed by atoms with Crippen LogP contribution in [0.3, 0.4) is 0 Å². The molecular weight excluding hydrogens is 155 g/mol. The molecule has 0 rings (SSSR count). The molecule has 0 aliphatic carbocycles. The largest absolute Gasteiger partial charge is 0.437 e. The molecule has 0 fully saturated rings. The molecule has 5 heteroatoms. The fourth-order valence-electron chi connectivity index (χ4n) is 0.127. The van der Waals surface area contributed by atoms with E-state index in [4.69, 9.17) is 28.3 Å². The van der Waals surface area contributed by atoms with Crippen LogP contribution >= 0.6 is 23.2 Å². The second kappa shape index (κ2) is 3.95. The predicted molar refractivity (Wildman–Crippen MR) is 28.7 cm³/mol. The number of carbonyl (C=O) groups excluding carboxylic acids is 1. The van der Waals surface area contributed by atoms with Crippen molar-refractivity contribution < 1.29 is 14.6 Å². The third kappa shape index (κ3) is 3.07. The molecule has 1 N–H and O–H groups in total. The molecule has 0 aromatic heterocycles. The van der Waals surface area contributed by atoms with E-state index in [1.54, 1.807) is 0 Å². The average Bonchev–Trinajstić information content (AvgIpc) is 1.67. The summed E-state index contributed by atoms with van der Waals surface area (Å²) in [5.74, 6) is -0.837. The van der Waals surface area contributed by atoms with E-state index in [0.717, 1.165) is 0 Å². The zero-order valence-corrected chi connectivity index (χ0v) is 5.32. The van der Waals surface area contributed by atoms with Gasteiger partial charge in [0.1, 0.15) is 0 Å². The Hall–Kier alpha value is 0.01000. The molecule has 0 bridgehead atoms. The molecule has 0 aromatic rings. The van der Waals surface area contributed by atoms with Crippen LogP contribution in [0.25, 0.3) is 0 Å². The molecule has 0 aliphatic heterocycles. The zero-order valence-electron chi connectivity index (χ0n) is 3.80. The number of rotatable bonds is 2. The summed E-state index contributed by atoms with van der Waals surface area (Å²) in [4.78, 5) is 8.89. The van der Waals surface area contributed by atoms with E-state index in [1.165, 1.54) is 0 Å². The van der Waals surface area contributed by atoms with Gasteiger partial charge in [0, 0.05) is 0 Å². The highest BCUT2D eigenvalue weighted by atomic mass is 35.5. The van der Waals surface area contributed by atoms with E-state index in [2.05, 4.69) is 4.74 Å². The average molecular weight is 159 g/mol. The highest BCUT2D eigenvalue weighted by molar-refractivity contribution is 6.52. The maximum Gasteiger partial charge on any atom is 0.341 e. The maximum absolute atomic E-state index is 10.1. The molecule has 0 heterocycles. The fourth-order valence-corrected chi connectivity index (χ4v) is 0.253.